The molecule has 1 aliphatic heterocycles. The first-order chi connectivity index (χ1) is 8.65. The number of hydrogen-bond acceptors (Lipinski definition) is 4. The fourth-order valence-corrected chi connectivity index (χ4v) is 1.93. The van der Waals surface area contributed by atoms with Gasteiger partial charge in [0.1, 0.15) is 11.6 Å². The fraction of sp³-hybridized carbons (Fsp3) is 0.833. The zero-order valence-corrected chi connectivity index (χ0v) is 11.5. The Kier molecular flexibility index (Phi) is 4.70. The maximum absolute atomic E-state index is 12.7. The molecule has 7 heteroatoms. The largest absolute Gasteiger partial charge is 0.467 e. The summed E-state index contributed by atoms with van der Waals surface area (Å²) >= 11 is 0. The van der Waals surface area contributed by atoms with Crippen molar-refractivity contribution in [1.82, 2.24) is 4.90 Å². The van der Waals surface area contributed by atoms with Gasteiger partial charge in [-0.2, -0.15) is 0 Å². The Morgan fingerprint density at radius 3 is 2.32 bits per heavy atom. The van der Waals surface area contributed by atoms with Crippen molar-refractivity contribution in [2.24, 2.45) is 5.92 Å². The summed E-state index contributed by atoms with van der Waals surface area (Å²) in [5.41, 5.74) is -0.749. The third-order valence-electron chi connectivity index (χ3n) is 2.79. The molecule has 1 fully saturated rings. The quantitative estimate of drug-likeness (QED) is 0.726. The van der Waals surface area contributed by atoms with E-state index in [4.69, 9.17) is 4.74 Å². The molecule has 1 amide bonds. The number of ether oxygens (including phenoxy) is 2. The van der Waals surface area contributed by atoms with Crippen LogP contribution in [0.3, 0.4) is 0 Å². The van der Waals surface area contributed by atoms with Gasteiger partial charge in [-0.3, -0.25) is 4.90 Å². The number of nitrogens with zero attached hydrogens (tertiary/aromatic N) is 1. The lowest BCUT2D eigenvalue weighted by Crippen LogP contribution is -2.43. The molecule has 5 nitrogen and oxygen atoms in total. The van der Waals surface area contributed by atoms with Crippen molar-refractivity contribution in [3.05, 3.63) is 0 Å². The zero-order chi connectivity index (χ0) is 14.8. The number of esters is 1. The van der Waals surface area contributed by atoms with E-state index >= 15 is 0 Å². The number of hydrogen-bond donors (Lipinski definition) is 0. The molecule has 2 atom stereocenters. The van der Waals surface area contributed by atoms with Gasteiger partial charge in [-0.15, -0.1) is 0 Å². The molecule has 0 saturated carbocycles. The minimum absolute atomic E-state index is 0.108. The molecule has 0 aromatic rings. The molecule has 110 valence electrons. The lowest BCUT2D eigenvalue weighted by molar-refractivity contribution is -0.145. The molecule has 1 heterocycles. The van der Waals surface area contributed by atoms with E-state index in [0.717, 1.165) is 12.0 Å². The van der Waals surface area contributed by atoms with E-state index in [1.807, 2.05) is 0 Å². The van der Waals surface area contributed by atoms with Crippen molar-refractivity contribution >= 4 is 12.1 Å². The SMILES string of the molecule is COC(=O)[C@@H]1C[C@H](C(F)F)CN1C(=O)OC(C)(C)C. The third kappa shape index (κ3) is 4.04. The Morgan fingerprint density at radius 2 is 1.89 bits per heavy atom. The molecule has 0 aromatic carbocycles. The smallest absolute Gasteiger partial charge is 0.411 e. The molecule has 1 rings (SSSR count). The first kappa shape index (κ1) is 15.7. The highest BCUT2D eigenvalue weighted by Crippen LogP contribution is 2.30. The van der Waals surface area contributed by atoms with Crippen LogP contribution >= 0.6 is 0 Å². The number of carbonyl (C=O) groups excluding carboxylic acids is 2. The number of carbonyl (C=O) groups is 2. The summed E-state index contributed by atoms with van der Waals surface area (Å²) in [6.45, 7) is 4.79. The van der Waals surface area contributed by atoms with Crippen LogP contribution in [0, 0.1) is 5.92 Å². The summed E-state index contributed by atoms with van der Waals surface area (Å²) in [6.07, 6.45) is -3.46. The Labute approximate surface area is 110 Å². The molecule has 0 unspecified atom stereocenters. The molecular formula is C12H19F2NO4. The van der Waals surface area contributed by atoms with E-state index < -0.39 is 36.0 Å². The highest BCUT2D eigenvalue weighted by molar-refractivity contribution is 5.82. The summed E-state index contributed by atoms with van der Waals surface area (Å²) in [7, 11) is 1.16. The van der Waals surface area contributed by atoms with Crippen LogP contribution < -0.4 is 0 Å². The summed E-state index contributed by atoms with van der Waals surface area (Å²) < 4.78 is 35.1. The van der Waals surface area contributed by atoms with E-state index in [9.17, 15) is 18.4 Å². The minimum atomic E-state index is -2.58. The van der Waals surface area contributed by atoms with Gasteiger partial charge in [0.05, 0.1) is 7.11 Å². The zero-order valence-electron chi connectivity index (χ0n) is 11.5. The van der Waals surface area contributed by atoms with Crippen molar-refractivity contribution in [3.63, 3.8) is 0 Å². The Morgan fingerprint density at radius 1 is 1.32 bits per heavy atom. The van der Waals surface area contributed by atoms with Crippen LogP contribution in [0.1, 0.15) is 27.2 Å². The van der Waals surface area contributed by atoms with Gasteiger partial charge in [-0.05, 0) is 27.2 Å². The van der Waals surface area contributed by atoms with Crippen LogP contribution in [-0.4, -0.2) is 48.7 Å². The molecule has 0 aromatic heterocycles. The summed E-state index contributed by atoms with van der Waals surface area (Å²) in [6, 6.07) is -1.00. The minimum Gasteiger partial charge on any atom is -0.467 e. The first-order valence-corrected chi connectivity index (χ1v) is 6.01. The van der Waals surface area contributed by atoms with Gasteiger partial charge in [0, 0.05) is 12.5 Å². The number of alkyl halides is 2. The topological polar surface area (TPSA) is 55.8 Å². The average molecular weight is 279 g/mol. The monoisotopic (exact) mass is 279 g/mol. The predicted octanol–water partition coefficient (Wildman–Crippen LogP) is 2.05. The molecule has 0 bridgehead atoms. The normalized spacial score (nSPS) is 23.6. The molecule has 0 spiro atoms. The third-order valence-corrected chi connectivity index (χ3v) is 2.79. The van der Waals surface area contributed by atoms with Crippen LogP contribution in [0.4, 0.5) is 13.6 Å². The number of amides is 1. The highest BCUT2D eigenvalue weighted by Gasteiger charge is 2.45. The number of halogens is 2. The van der Waals surface area contributed by atoms with Crippen molar-refractivity contribution in [2.75, 3.05) is 13.7 Å². The summed E-state index contributed by atoms with van der Waals surface area (Å²) in [4.78, 5) is 24.5. The van der Waals surface area contributed by atoms with E-state index in [1.54, 1.807) is 20.8 Å². The van der Waals surface area contributed by atoms with Crippen LogP contribution in [0.5, 0.6) is 0 Å². The lowest BCUT2D eigenvalue weighted by Gasteiger charge is -2.27. The van der Waals surface area contributed by atoms with Crippen molar-refractivity contribution in [3.8, 4) is 0 Å². The predicted molar refractivity (Wildman–Crippen MR) is 62.9 cm³/mol. The van der Waals surface area contributed by atoms with Crippen LogP contribution in [0.25, 0.3) is 0 Å². The Hall–Kier alpha value is -1.40. The number of rotatable bonds is 2. The number of methoxy groups -OCH3 is 1. The molecular weight excluding hydrogens is 260 g/mol. The molecule has 1 saturated heterocycles. The van der Waals surface area contributed by atoms with Gasteiger partial charge in [-0.25, -0.2) is 18.4 Å². The first-order valence-electron chi connectivity index (χ1n) is 6.01. The Bertz CT molecular complexity index is 354. The second-order valence-corrected chi connectivity index (χ2v) is 5.50. The van der Waals surface area contributed by atoms with E-state index in [0.29, 0.717) is 0 Å². The van der Waals surface area contributed by atoms with Crippen LogP contribution in [-0.2, 0) is 14.3 Å². The second kappa shape index (κ2) is 5.71. The van der Waals surface area contributed by atoms with Crippen molar-refractivity contribution in [2.45, 2.75) is 45.3 Å². The molecule has 1 aliphatic rings. The average Bonchev–Trinajstić information content (AvgIpc) is 2.70. The van der Waals surface area contributed by atoms with Gasteiger partial charge in [0.15, 0.2) is 0 Å². The van der Waals surface area contributed by atoms with Crippen molar-refractivity contribution in [1.29, 1.82) is 0 Å². The van der Waals surface area contributed by atoms with Crippen LogP contribution in [0.2, 0.25) is 0 Å². The molecule has 19 heavy (non-hydrogen) atoms. The van der Waals surface area contributed by atoms with Gasteiger partial charge in [0.2, 0.25) is 6.43 Å². The van der Waals surface area contributed by atoms with Gasteiger partial charge in [-0.1, -0.05) is 0 Å². The maximum Gasteiger partial charge on any atom is 0.411 e. The molecule has 0 N–H and O–H groups in total. The maximum atomic E-state index is 12.7. The van der Waals surface area contributed by atoms with Gasteiger partial charge >= 0.3 is 12.1 Å². The summed E-state index contributed by atoms with van der Waals surface area (Å²) in [5.74, 6) is -1.73. The van der Waals surface area contributed by atoms with E-state index in [-0.39, 0.29) is 13.0 Å². The molecule has 0 radical (unpaired) electrons. The highest BCUT2D eigenvalue weighted by atomic mass is 19.3. The molecule has 0 aliphatic carbocycles. The lowest BCUT2D eigenvalue weighted by atomic mass is 10.1. The Balaban J connectivity index is 2.83. The van der Waals surface area contributed by atoms with E-state index in [2.05, 4.69) is 4.74 Å². The van der Waals surface area contributed by atoms with Crippen molar-refractivity contribution < 1.29 is 27.8 Å². The second-order valence-electron chi connectivity index (χ2n) is 5.50. The van der Waals surface area contributed by atoms with Gasteiger partial charge in [0.25, 0.3) is 0 Å². The van der Waals surface area contributed by atoms with E-state index in [1.165, 1.54) is 0 Å². The standard InChI is InChI=1S/C12H19F2NO4/c1-12(2,3)19-11(17)15-6-7(9(13)14)5-8(15)10(16)18-4/h7-9H,5-6H2,1-4H3/t7-,8-/m0/s1. The fourth-order valence-electron chi connectivity index (χ4n) is 1.93. The summed E-state index contributed by atoms with van der Waals surface area (Å²) in [5, 5.41) is 0. The van der Waals surface area contributed by atoms with Gasteiger partial charge < -0.3 is 9.47 Å². The number of likely N-dealkylation sites (tertiary alicyclic amines) is 1. The van der Waals surface area contributed by atoms with Crippen LogP contribution in [0.15, 0.2) is 0 Å².